The summed E-state index contributed by atoms with van der Waals surface area (Å²) in [6.07, 6.45) is 2.11. The third kappa shape index (κ3) is 2.79. The van der Waals surface area contributed by atoms with Gasteiger partial charge in [-0.05, 0) is 38.0 Å². The van der Waals surface area contributed by atoms with E-state index in [9.17, 15) is 8.78 Å². The van der Waals surface area contributed by atoms with E-state index in [1.807, 2.05) is 0 Å². The van der Waals surface area contributed by atoms with Gasteiger partial charge in [-0.1, -0.05) is 23.4 Å². The van der Waals surface area contributed by atoms with E-state index >= 15 is 0 Å². The maximum atomic E-state index is 13.7. The zero-order valence-corrected chi connectivity index (χ0v) is 12.2. The van der Waals surface area contributed by atoms with Gasteiger partial charge in [0.1, 0.15) is 27.6 Å². The number of benzene rings is 1. The highest BCUT2D eigenvalue weighted by molar-refractivity contribution is 7.99. The van der Waals surface area contributed by atoms with Crippen LogP contribution in [0.3, 0.4) is 0 Å². The average molecular weight is 313 g/mol. The molecule has 2 nitrogen and oxygen atoms in total. The molecule has 1 aromatic carbocycles. The second-order valence-electron chi connectivity index (χ2n) is 4.75. The van der Waals surface area contributed by atoms with Gasteiger partial charge in [-0.3, -0.25) is 0 Å². The van der Waals surface area contributed by atoms with Crippen LogP contribution in [0.25, 0.3) is 0 Å². The van der Waals surface area contributed by atoms with Gasteiger partial charge in [0.25, 0.3) is 0 Å². The first-order chi connectivity index (χ1) is 9.54. The Bertz CT molecular complexity index is 674. The first-order valence-corrected chi connectivity index (χ1v) is 7.41. The van der Waals surface area contributed by atoms with Gasteiger partial charge < -0.3 is 0 Å². The lowest BCUT2D eigenvalue weighted by Gasteiger charge is -2.09. The molecule has 1 heterocycles. The lowest BCUT2D eigenvalue weighted by atomic mass is 10.3. The van der Waals surface area contributed by atoms with Gasteiger partial charge in [0.15, 0.2) is 0 Å². The molecule has 0 unspecified atom stereocenters. The molecule has 0 spiro atoms. The van der Waals surface area contributed by atoms with E-state index in [1.54, 1.807) is 6.92 Å². The van der Waals surface area contributed by atoms with Crippen molar-refractivity contribution in [3.8, 4) is 0 Å². The normalized spacial score (nSPS) is 14.6. The molecule has 1 aromatic heterocycles. The molecule has 0 saturated heterocycles. The lowest BCUT2D eigenvalue weighted by molar-refractivity contribution is 0.577. The molecule has 6 heteroatoms. The Kier molecular flexibility index (Phi) is 3.65. The monoisotopic (exact) mass is 312 g/mol. The van der Waals surface area contributed by atoms with E-state index in [0.717, 1.165) is 42.8 Å². The summed E-state index contributed by atoms with van der Waals surface area (Å²) >= 11 is 7.17. The van der Waals surface area contributed by atoms with Crippen LogP contribution < -0.4 is 0 Å². The Morgan fingerprint density at radius 3 is 2.70 bits per heavy atom. The number of aromatic nitrogens is 2. The molecule has 1 fully saturated rings. The summed E-state index contributed by atoms with van der Waals surface area (Å²) in [4.78, 5) is 8.89. The summed E-state index contributed by atoms with van der Waals surface area (Å²) in [5, 5.41) is 0.956. The van der Waals surface area contributed by atoms with Crippen molar-refractivity contribution in [2.75, 3.05) is 0 Å². The Labute approximate surface area is 124 Å². The molecule has 104 valence electrons. The summed E-state index contributed by atoms with van der Waals surface area (Å²) in [5.41, 5.74) is 0.685. The molecule has 3 rings (SSSR count). The molecule has 0 atom stereocenters. The summed E-state index contributed by atoms with van der Waals surface area (Å²) in [6.45, 7) is 1.78. The van der Waals surface area contributed by atoms with Gasteiger partial charge in [0.05, 0.1) is 4.90 Å². The van der Waals surface area contributed by atoms with Crippen LogP contribution in [0.4, 0.5) is 8.78 Å². The van der Waals surface area contributed by atoms with Crippen LogP contribution in [0.1, 0.15) is 30.1 Å². The number of rotatable bonds is 3. The molecule has 1 saturated carbocycles. The van der Waals surface area contributed by atoms with E-state index in [4.69, 9.17) is 11.6 Å². The second kappa shape index (κ2) is 5.30. The quantitative estimate of drug-likeness (QED) is 0.765. The first kappa shape index (κ1) is 13.8. The standard InChI is InChI=1S/C14H11ClF2N2S/c1-7-12(15)18-13(8-2-3-8)19-14(7)20-11-6-9(16)4-5-10(11)17/h4-6,8H,2-3H2,1H3. The molecule has 0 bridgehead atoms. The van der Waals surface area contributed by atoms with Crippen LogP contribution >= 0.6 is 23.4 Å². The van der Waals surface area contributed by atoms with Crippen molar-refractivity contribution in [1.29, 1.82) is 0 Å². The predicted molar refractivity (Wildman–Crippen MR) is 74.2 cm³/mol. The zero-order valence-electron chi connectivity index (χ0n) is 10.7. The van der Waals surface area contributed by atoms with E-state index < -0.39 is 11.6 Å². The average Bonchev–Trinajstić information content (AvgIpc) is 3.23. The highest BCUT2D eigenvalue weighted by Crippen LogP contribution is 2.41. The van der Waals surface area contributed by atoms with Crippen molar-refractivity contribution in [2.24, 2.45) is 0 Å². The maximum absolute atomic E-state index is 13.7. The number of nitrogens with zero attached hydrogens (tertiary/aromatic N) is 2. The minimum absolute atomic E-state index is 0.199. The van der Waals surface area contributed by atoms with Crippen molar-refractivity contribution in [2.45, 2.75) is 35.6 Å². The van der Waals surface area contributed by atoms with Gasteiger partial charge in [0, 0.05) is 11.5 Å². The molecule has 2 aromatic rings. The minimum Gasteiger partial charge on any atom is -0.226 e. The fourth-order valence-corrected chi connectivity index (χ4v) is 2.94. The fourth-order valence-electron chi connectivity index (χ4n) is 1.77. The summed E-state index contributed by atoms with van der Waals surface area (Å²) in [5.74, 6) is 0.0948. The Morgan fingerprint density at radius 2 is 2.00 bits per heavy atom. The predicted octanol–water partition coefficient (Wildman–Crippen LogP) is 4.75. The highest BCUT2D eigenvalue weighted by Gasteiger charge is 2.28. The smallest absolute Gasteiger partial charge is 0.137 e. The first-order valence-electron chi connectivity index (χ1n) is 6.21. The Morgan fingerprint density at radius 1 is 1.25 bits per heavy atom. The third-order valence-electron chi connectivity index (χ3n) is 3.10. The topological polar surface area (TPSA) is 25.8 Å². The van der Waals surface area contributed by atoms with Crippen molar-refractivity contribution >= 4 is 23.4 Å². The third-order valence-corrected chi connectivity index (χ3v) is 4.59. The highest BCUT2D eigenvalue weighted by atomic mass is 35.5. The Hall–Kier alpha value is -1.20. The minimum atomic E-state index is -0.478. The van der Waals surface area contributed by atoms with Gasteiger partial charge >= 0.3 is 0 Å². The largest absolute Gasteiger partial charge is 0.226 e. The fraction of sp³-hybridized carbons (Fsp3) is 0.286. The molecule has 0 radical (unpaired) electrons. The van der Waals surface area contributed by atoms with Crippen LogP contribution in [-0.2, 0) is 0 Å². The Balaban J connectivity index is 1.99. The molecule has 0 N–H and O–H groups in total. The van der Waals surface area contributed by atoms with Crippen molar-refractivity contribution in [3.05, 3.63) is 46.4 Å². The SMILES string of the molecule is Cc1c(Cl)nc(C2CC2)nc1Sc1cc(F)ccc1F. The van der Waals surface area contributed by atoms with Gasteiger partial charge in [-0.15, -0.1) is 0 Å². The van der Waals surface area contributed by atoms with Crippen LogP contribution in [0, 0.1) is 18.6 Å². The van der Waals surface area contributed by atoms with E-state index in [0.29, 0.717) is 27.5 Å². The summed E-state index contributed by atoms with van der Waals surface area (Å²) in [7, 11) is 0. The summed E-state index contributed by atoms with van der Waals surface area (Å²) < 4.78 is 26.9. The van der Waals surface area contributed by atoms with E-state index in [-0.39, 0.29) is 4.90 Å². The van der Waals surface area contributed by atoms with Crippen molar-refractivity contribution in [1.82, 2.24) is 9.97 Å². The van der Waals surface area contributed by atoms with Gasteiger partial charge in [-0.25, -0.2) is 18.7 Å². The molecule has 1 aliphatic carbocycles. The molecule has 20 heavy (non-hydrogen) atoms. The van der Waals surface area contributed by atoms with Gasteiger partial charge in [0.2, 0.25) is 0 Å². The van der Waals surface area contributed by atoms with Gasteiger partial charge in [-0.2, -0.15) is 0 Å². The molecule has 0 amide bonds. The van der Waals surface area contributed by atoms with E-state index in [2.05, 4.69) is 9.97 Å². The molecular weight excluding hydrogens is 302 g/mol. The van der Waals surface area contributed by atoms with Crippen molar-refractivity contribution in [3.63, 3.8) is 0 Å². The molecule has 1 aliphatic rings. The summed E-state index contributed by atoms with van der Waals surface area (Å²) in [6, 6.07) is 3.36. The maximum Gasteiger partial charge on any atom is 0.137 e. The zero-order chi connectivity index (χ0) is 14.3. The second-order valence-corrected chi connectivity index (χ2v) is 6.14. The molecular formula is C14H11ClF2N2S. The lowest BCUT2D eigenvalue weighted by Crippen LogP contribution is -1.98. The molecule has 0 aliphatic heterocycles. The number of hydrogen-bond donors (Lipinski definition) is 0. The van der Waals surface area contributed by atoms with Crippen molar-refractivity contribution < 1.29 is 8.78 Å². The number of hydrogen-bond acceptors (Lipinski definition) is 3. The van der Waals surface area contributed by atoms with E-state index in [1.165, 1.54) is 0 Å². The number of halogens is 3. The van der Waals surface area contributed by atoms with Crippen LogP contribution in [-0.4, -0.2) is 9.97 Å². The van der Waals surface area contributed by atoms with Crippen LogP contribution in [0.15, 0.2) is 28.1 Å². The van der Waals surface area contributed by atoms with Crippen LogP contribution in [0.5, 0.6) is 0 Å². The van der Waals surface area contributed by atoms with Crippen LogP contribution in [0.2, 0.25) is 5.15 Å².